The van der Waals surface area contributed by atoms with E-state index < -0.39 is 0 Å². The maximum Gasteiger partial charge on any atom is 0.168 e. The second-order valence-electron chi connectivity index (χ2n) is 6.15. The summed E-state index contributed by atoms with van der Waals surface area (Å²) in [5, 5.41) is 9.53. The lowest BCUT2D eigenvalue weighted by Gasteiger charge is -2.39. The van der Waals surface area contributed by atoms with Crippen LogP contribution in [0.4, 0.5) is 5.82 Å². The zero-order chi connectivity index (χ0) is 18.3. The maximum atomic E-state index is 6.23. The largest absolute Gasteiger partial charge is 0.353 e. The number of nitrogens with one attached hydrogen (secondary N) is 1. The molecule has 0 unspecified atom stereocenters. The van der Waals surface area contributed by atoms with Gasteiger partial charge in [-0.2, -0.15) is 5.10 Å². The molecule has 4 aromatic rings. The third kappa shape index (κ3) is 2.64. The van der Waals surface area contributed by atoms with Crippen molar-refractivity contribution in [1.29, 1.82) is 0 Å². The topological polar surface area (TPSA) is 57.7 Å². The molecule has 0 bridgehead atoms. The van der Waals surface area contributed by atoms with Gasteiger partial charge in [-0.25, -0.2) is 4.98 Å². The van der Waals surface area contributed by atoms with Gasteiger partial charge in [0.15, 0.2) is 5.82 Å². The van der Waals surface area contributed by atoms with E-state index in [-0.39, 0.29) is 0 Å². The van der Waals surface area contributed by atoms with Gasteiger partial charge in [-0.3, -0.25) is 10.1 Å². The quantitative estimate of drug-likeness (QED) is 0.517. The van der Waals surface area contributed by atoms with Crippen LogP contribution in [0.15, 0.2) is 30.7 Å². The number of aryl methyl sites for hydroxylation is 1. The Bertz CT molecular complexity index is 1050. The summed E-state index contributed by atoms with van der Waals surface area (Å²) in [6, 6.07) is 4.19. The summed E-state index contributed by atoms with van der Waals surface area (Å²) >= 11 is 7.91. The molecule has 4 aromatic heterocycles. The summed E-state index contributed by atoms with van der Waals surface area (Å²) in [6.45, 7) is 7.98. The first-order valence-electron chi connectivity index (χ1n) is 8.79. The van der Waals surface area contributed by atoms with Crippen molar-refractivity contribution in [1.82, 2.24) is 20.2 Å². The molecule has 1 saturated heterocycles. The molecular formula is C19H20ClN5S. The average Bonchev–Trinajstić information content (AvgIpc) is 3.20. The van der Waals surface area contributed by atoms with Crippen molar-refractivity contribution in [2.45, 2.75) is 26.7 Å². The number of H-pyrrole nitrogens is 1. The molecular weight excluding hydrogens is 366 g/mol. The molecule has 1 aliphatic heterocycles. The van der Waals surface area contributed by atoms with E-state index >= 15 is 0 Å². The number of hydrogen-bond acceptors (Lipinski definition) is 5. The molecule has 5 rings (SSSR count). The molecule has 1 aliphatic rings. The zero-order valence-corrected chi connectivity index (χ0v) is 16.5. The van der Waals surface area contributed by atoms with Crippen LogP contribution in [-0.4, -0.2) is 33.3 Å². The number of fused-ring (bicyclic) bond motifs is 3. The summed E-state index contributed by atoms with van der Waals surface area (Å²) in [5.41, 5.74) is 3.44. The van der Waals surface area contributed by atoms with Crippen LogP contribution >= 0.6 is 22.9 Å². The predicted molar refractivity (Wildman–Crippen MR) is 110 cm³/mol. The lowest BCUT2D eigenvalue weighted by molar-refractivity contribution is 0.520. The summed E-state index contributed by atoms with van der Waals surface area (Å²) in [5.74, 6) is 1.57. The van der Waals surface area contributed by atoms with Crippen LogP contribution in [0.1, 0.15) is 30.9 Å². The van der Waals surface area contributed by atoms with E-state index in [9.17, 15) is 0 Å². The second-order valence-corrected chi connectivity index (χ2v) is 7.55. The van der Waals surface area contributed by atoms with Crippen LogP contribution in [0.25, 0.3) is 20.4 Å². The van der Waals surface area contributed by atoms with Crippen molar-refractivity contribution in [3.8, 4) is 0 Å². The molecule has 0 radical (unpaired) electrons. The molecule has 0 saturated carbocycles. The first-order valence-corrected chi connectivity index (χ1v) is 9.98. The summed E-state index contributed by atoms with van der Waals surface area (Å²) in [4.78, 5) is 11.9. The molecule has 5 nitrogen and oxygen atoms in total. The number of halogens is 1. The summed E-state index contributed by atoms with van der Waals surface area (Å²) in [7, 11) is 0. The standard InChI is InChI=1S/C17H14ClN5S.C2H6/c1-9-12(18)6-20-17-13(9)14-15(24-17)16(22-21-14)23-7-11(8-23)10-2-4-19-5-3-10;1-2/h2-6,11H,7-8H2,1H3,(H,21,22);1-2H3. The van der Waals surface area contributed by atoms with Crippen LogP contribution in [0, 0.1) is 6.92 Å². The van der Waals surface area contributed by atoms with E-state index in [1.165, 1.54) is 5.56 Å². The second kappa shape index (κ2) is 6.85. The number of anilines is 1. The van der Waals surface area contributed by atoms with E-state index in [1.807, 2.05) is 33.2 Å². The minimum absolute atomic E-state index is 0.545. The molecule has 0 aliphatic carbocycles. The molecule has 7 heteroatoms. The number of pyridine rings is 2. The first-order chi connectivity index (χ1) is 12.7. The molecule has 5 heterocycles. The van der Waals surface area contributed by atoms with Crippen LogP contribution in [-0.2, 0) is 0 Å². The number of nitrogens with zero attached hydrogens (tertiary/aromatic N) is 4. The predicted octanol–water partition coefficient (Wildman–Crippen LogP) is 5.16. The Morgan fingerprint density at radius 3 is 2.69 bits per heavy atom. The van der Waals surface area contributed by atoms with Crippen molar-refractivity contribution in [2.75, 3.05) is 18.0 Å². The van der Waals surface area contributed by atoms with Crippen LogP contribution in [0.5, 0.6) is 0 Å². The fourth-order valence-electron chi connectivity index (χ4n) is 3.33. The molecule has 1 fully saturated rings. The van der Waals surface area contributed by atoms with Gasteiger partial charge in [-0.05, 0) is 30.2 Å². The Kier molecular flexibility index (Phi) is 4.54. The van der Waals surface area contributed by atoms with E-state index in [0.29, 0.717) is 10.9 Å². The zero-order valence-electron chi connectivity index (χ0n) is 15.0. The number of hydrogen-bond donors (Lipinski definition) is 1. The summed E-state index contributed by atoms with van der Waals surface area (Å²) < 4.78 is 1.16. The number of aromatic amines is 1. The van der Waals surface area contributed by atoms with Gasteiger partial charge in [0.2, 0.25) is 0 Å². The number of aromatic nitrogens is 4. The van der Waals surface area contributed by atoms with Gasteiger partial charge in [-0.15, -0.1) is 11.3 Å². The van der Waals surface area contributed by atoms with Gasteiger partial charge in [0, 0.05) is 43.0 Å². The SMILES string of the molecule is CC.Cc1c(Cl)cnc2sc3c(N4CC(c5ccncc5)C4)n[nH]c3c12. The number of rotatable bonds is 2. The molecule has 0 amide bonds. The van der Waals surface area contributed by atoms with E-state index in [2.05, 4.69) is 37.2 Å². The Hall–Kier alpha value is -2.18. The van der Waals surface area contributed by atoms with Crippen molar-refractivity contribution in [3.05, 3.63) is 46.9 Å². The highest BCUT2D eigenvalue weighted by atomic mass is 35.5. The Labute approximate surface area is 161 Å². The fourth-order valence-corrected chi connectivity index (χ4v) is 4.64. The van der Waals surface area contributed by atoms with Crippen molar-refractivity contribution in [2.24, 2.45) is 0 Å². The molecule has 1 N–H and O–H groups in total. The third-order valence-corrected chi connectivity index (χ3v) is 6.23. The van der Waals surface area contributed by atoms with Gasteiger partial charge in [-0.1, -0.05) is 25.4 Å². The summed E-state index contributed by atoms with van der Waals surface area (Å²) in [6.07, 6.45) is 5.44. The molecule has 26 heavy (non-hydrogen) atoms. The monoisotopic (exact) mass is 385 g/mol. The minimum Gasteiger partial charge on any atom is -0.353 e. The van der Waals surface area contributed by atoms with Crippen LogP contribution in [0.2, 0.25) is 5.02 Å². The van der Waals surface area contributed by atoms with Crippen molar-refractivity contribution >= 4 is 49.2 Å². The van der Waals surface area contributed by atoms with Crippen LogP contribution in [0.3, 0.4) is 0 Å². The van der Waals surface area contributed by atoms with Crippen molar-refractivity contribution < 1.29 is 0 Å². The molecule has 0 aromatic carbocycles. The van der Waals surface area contributed by atoms with Crippen LogP contribution < -0.4 is 4.90 Å². The highest BCUT2D eigenvalue weighted by Gasteiger charge is 2.31. The lowest BCUT2D eigenvalue weighted by Crippen LogP contribution is -2.45. The van der Waals surface area contributed by atoms with E-state index in [0.717, 1.165) is 44.9 Å². The lowest BCUT2D eigenvalue weighted by atomic mass is 9.92. The van der Waals surface area contributed by atoms with Gasteiger partial charge >= 0.3 is 0 Å². The third-order valence-electron chi connectivity index (χ3n) is 4.75. The molecule has 134 valence electrons. The number of thiophene rings is 1. The van der Waals surface area contributed by atoms with E-state index in [1.54, 1.807) is 17.5 Å². The maximum absolute atomic E-state index is 6.23. The van der Waals surface area contributed by atoms with Gasteiger partial charge in [0.1, 0.15) is 4.83 Å². The van der Waals surface area contributed by atoms with E-state index in [4.69, 9.17) is 11.6 Å². The fraction of sp³-hybridized carbons (Fsp3) is 0.316. The molecule has 0 atom stereocenters. The van der Waals surface area contributed by atoms with Gasteiger partial charge < -0.3 is 4.90 Å². The Morgan fingerprint density at radius 2 is 1.96 bits per heavy atom. The highest BCUT2D eigenvalue weighted by molar-refractivity contribution is 7.26. The Morgan fingerprint density at radius 1 is 1.23 bits per heavy atom. The molecule has 0 spiro atoms. The first kappa shape index (κ1) is 17.2. The normalized spacial score (nSPS) is 14.4. The Balaban J connectivity index is 0.000000814. The average molecular weight is 386 g/mol. The minimum atomic E-state index is 0.545. The highest BCUT2D eigenvalue weighted by Crippen LogP contribution is 2.42. The van der Waals surface area contributed by atoms with Gasteiger partial charge in [0.25, 0.3) is 0 Å². The van der Waals surface area contributed by atoms with Crippen molar-refractivity contribution in [3.63, 3.8) is 0 Å². The van der Waals surface area contributed by atoms with Gasteiger partial charge in [0.05, 0.1) is 15.2 Å². The smallest absolute Gasteiger partial charge is 0.168 e.